The predicted molar refractivity (Wildman–Crippen MR) is 94.9 cm³/mol. The van der Waals surface area contributed by atoms with Crippen molar-refractivity contribution in [2.24, 2.45) is 11.7 Å². The summed E-state index contributed by atoms with van der Waals surface area (Å²) in [6.07, 6.45) is 0. The lowest BCUT2D eigenvalue weighted by Crippen LogP contribution is -2.40. The van der Waals surface area contributed by atoms with E-state index in [0.717, 1.165) is 16.8 Å². The second-order valence-corrected chi connectivity index (χ2v) is 6.76. The number of nitrogens with zero attached hydrogens (tertiary/aromatic N) is 1. The highest BCUT2D eigenvalue weighted by atomic mass is 16.2. The zero-order valence-electron chi connectivity index (χ0n) is 14.0. The first-order valence-corrected chi connectivity index (χ1v) is 8.26. The quantitative estimate of drug-likeness (QED) is 0.938. The van der Waals surface area contributed by atoms with Gasteiger partial charge >= 0.3 is 0 Å². The topological polar surface area (TPSA) is 46.3 Å². The minimum atomic E-state index is -0.0743. The van der Waals surface area contributed by atoms with Gasteiger partial charge in [-0.15, -0.1) is 0 Å². The van der Waals surface area contributed by atoms with Gasteiger partial charge in [-0.05, 0) is 36.1 Å². The van der Waals surface area contributed by atoms with E-state index in [0.29, 0.717) is 12.5 Å². The summed E-state index contributed by atoms with van der Waals surface area (Å²) in [4.78, 5) is 15.0. The van der Waals surface area contributed by atoms with Gasteiger partial charge in [0.15, 0.2) is 0 Å². The van der Waals surface area contributed by atoms with Crippen LogP contribution in [0.1, 0.15) is 48.2 Å². The van der Waals surface area contributed by atoms with Gasteiger partial charge in [-0.25, -0.2) is 0 Å². The largest absolute Gasteiger partial charge is 0.326 e. The Morgan fingerprint density at radius 2 is 1.61 bits per heavy atom. The minimum absolute atomic E-state index is 0.0495. The van der Waals surface area contributed by atoms with Gasteiger partial charge in [-0.3, -0.25) is 4.79 Å². The Balaban J connectivity index is 2.28. The Kier molecular flexibility index (Phi) is 4.22. The van der Waals surface area contributed by atoms with Crippen LogP contribution in [-0.4, -0.2) is 18.5 Å². The van der Waals surface area contributed by atoms with Gasteiger partial charge in [0.25, 0.3) is 5.91 Å². The predicted octanol–water partition coefficient (Wildman–Crippen LogP) is 3.78. The lowest BCUT2D eigenvalue weighted by molar-refractivity contribution is 0.0985. The van der Waals surface area contributed by atoms with Crippen LogP contribution in [0.2, 0.25) is 0 Å². The average molecular weight is 308 g/mol. The van der Waals surface area contributed by atoms with Gasteiger partial charge in [0.2, 0.25) is 0 Å². The molecule has 1 unspecified atom stereocenters. The average Bonchev–Trinajstić information content (AvgIpc) is 2.62. The number of benzene rings is 2. The molecule has 0 bridgehead atoms. The number of carbonyl (C=O) groups is 1. The van der Waals surface area contributed by atoms with Crippen molar-refractivity contribution >= 4 is 11.6 Å². The number of carbonyl (C=O) groups excluding carboxylic acids is 1. The smallest absolute Gasteiger partial charge is 0.258 e. The molecular formula is C20H24N2O. The summed E-state index contributed by atoms with van der Waals surface area (Å²) in [5, 5.41) is 0. The highest BCUT2D eigenvalue weighted by Gasteiger charge is 2.33. The number of amides is 1. The third-order valence-electron chi connectivity index (χ3n) is 4.47. The molecule has 120 valence electrons. The van der Waals surface area contributed by atoms with Crippen molar-refractivity contribution in [1.29, 1.82) is 0 Å². The SMILES string of the molecule is CC(C)C1c2ccccc2C(=O)N(C[C@H](C)N)c2ccccc21. The van der Waals surface area contributed by atoms with Crippen LogP contribution in [0.5, 0.6) is 0 Å². The van der Waals surface area contributed by atoms with E-state index in [1.54, 1.807) is 0 Å². The van der Waals surface area contributed by atoms with Crippen molar-refractivity contribution in [2.75, 3.05) is 11.4 Å². The van der Waals surface area contributed by atoms with Crippen molar-refractivity contribution < 1.29 is 4.79 Å². The van der Waals surface area contributed by atoms with Gasteiger partial charge in [0.05, 0.1) is 0 Å². The van der Waals surface area contributed by atoms with E-state index in [4.69, 9.17) is 5.73 Å². The first-order valence-electron chi connectivity index (χ1n) is 8.26. The minimum Gasteiger partial charge on any atom is -0.326 e. The number of hydrogen-bond acceptors (Lipinski definition) is 2. The number of nitrogens with two attached hydrogens (primary N) is 1. The molecule has 0 radical (unpaired) electrons. The second-order valence-electron chi connectivity index (χ2n) is 6.76. The number of fused-ring (bicyclic) bond motifs is 2. The molecule has 0 aromatic heterocycles. The van der Waals surface area contributed by atoms with Gasteiger partial charge in [-0.1, -0.05) is 50.2 Å². The van der Waals surface area contributed by atoms with Crippen LogP contribution in [-0.2, 0) is 0 Å². The molecule has 1 heterocycles. The number of rotatable bonds is 3. The Bertz CT molecular complexity index is 721. The monoisotopic (exact) mass is 308 g/mol. The zero-order chi connectivity index (χ0) is 16.6. The molecule has 0 saturated heterocycles. The molecule has 1 amide bonds. The Hall–Kier alpha value is -2.13. The fourth-order valence-corrected chi connectivity index (χ4v) is 3.57. The normalized spacial score (nSPS) is 18.4. The van der Waals surface area contributed by atoms with Crippen LogP contribution in [0.3, 0.4) is 0 Å². The first-order chi connectivity index (χ1) is 11.0. The molecule has 3 rings (SSSR count). The van der Waals surface area contributed by atoms with Crippen LogP contribution in [0, 0.1) is 5.92 Å². The summed E-state index contributed by atoms with van der Waals surface area (Å²) in [5.41, 5.74) is 10.1. The van der Waals surface area contributed by atoms with Crippen LogP contribution >= 0.6 is 0 Å². The van der Waals surface area contributed by atoms with E-state index in [2.05, 4.69) is 32.0 Å². The number of anilines is 1. The van der Waals surface area contributed by atoms with Crippen molar-refractivity contribution in [3.8, 4) is 0 Å². The third kappa shape index (κ3) is 2.77. The molecule has 2 atom stereocenters. The van der Waals surface area contributed by atoms with E-state index >= 15 is 0 Å². The zero-order valence-corrected chi connectivity index (χ0v) is 14.0. The molecule has 3 heteroatoms. The highest BCUT2D eigenvalue weighted by Crippen LogP contribution is 2.42. The summed E-state index contributed by atoms with van der Waals surface area (Å²) in [7, 11) is 0. The van der Waals surface area contributed by atoms with Gasteiger partial charge in [0, 0.05) is 29.8 Å². The summed E-state index contributed by atoms with van der Waals surface area (Å²) in [6, 6.07) is 16.1. The van der Waals surface area contributed by atoms with Gasteiger partial charge in [-0.2, -0.15) is 0 Å². The van der Waals surface area contributed by atoms with Crippen molar-refractivity contribution in [1.82, 2.24) is 0 Å². The Morgan fingerprint density at radius 3 is 2.26 bits per heavy atom. The molecule has 2 N–H and O–H groups in total. The molecule has 0 fully saturated rings. The van der Waals surface area contributed by atoms with Gasteiger partial charge in [0.1, 0.15) is 0 Å². The van der Waals surface area contributed by atoms with Crippen LogP contribution in [0.15, 0.2) is 48.5 Å². The van der Waals surface area contributed by atoms with Crippen LogP contribution in [0.25, 0.3) is 0 Å². The molecule has 0 spiro atoms. The Morgan fingerprint density at radius 1 is 1.00 bits per heavy atom. The first kappa shape index (κ1) is 15.8. The maximum absolute atomic E-state index is 13.2. The summed E-state index contributed by atoms with van der Waals surface area (Å²) < 4.78 is 0. The fourth-order valence-electron chi connectivity index (χ4n) is 3.57. The lowest BCUT2D eigenvalue weighted by atomic mass is 9.81. The second kappa shape index (κ2) is 6.17. The molecule has 0 aliphatic carbocycles. The van der Waals surface area contributed by atoms with E-state index in [-0.39, 0.29) is 17.9 Å². The maximum atomic E-state index is 13.2. The van der Waals surface area contributed by atoms with Crippen LogP contribution < -0.4 is 10.6 Å². The van der Waals surface area contributed by atoms with Crippen molar-refractivity contribution in [3.05, 3.63) is 65.2 Å². The fraction of sp³-hybridized carbons (Fsp3) is 0.350. The molecule has 1 aliphatic rings. The van der Waals surface area contributed by atoms with E-state index < -0.39 is 0 Å². The molecule has 23 heavy (non-hydrogen) atoms. The molecule has 1 aliphatic heterocycles. The van der Waals surface area contributed by atoms with E-state index in [1.807, 2.05) is 42.2 Å². The summed E-state index contributed by atoms with van der Waals surface area (Å²) in [5.74, 6) is 0.665. The summed E-state index contributed by atoms with van der Waals surface area (Å²) >= 11 is 0. The molecule has 3 nitrogen and oxygen atoms in total. The maximum Gasteiger partial charge on any atom is 0.258 e. The molecule has 0 saturated carbocycles. The number of hydrogen-bond donors (Lipinski definition) is 1. The van der Waals surface area contributed by atoms with E-state index in [9.17, 15) is 4.79 Å². The van der Waals surface area contributed by atoms with E-state index in [1.165, 1.54) is 5.56 Å². The van der Waals surface area contributed by atoms with Crippen LogP contribution in [0.4, 0.5) is 5.69 Å². The van der Waals surface area contributed by atoms with Crippen molar-refractivity contribution in [3.63, 3.8) is 0 Å². The highest BCUT2D eigenvalue weighted by molar-refractivity contribution is 6.09. The standard InChI is InChI=1S/C20H24N2O/c1-13(2)19-15-8-4-5-9-16(15)20(23)22(12-14(3)21)18-11-7-6-10-17(18)19/h4-11,13-14,19H,12,21H2,1-3H3/t14-,19?/m0/s1. The van der Waals surface area contributed by atoms with Gasteiger partial charge < -0.3 is 10.6 Å². The lowest BCUT2D eigenvalue weighted by Gasteiger charge is -2.26. The molecule has 2 aromatic carbocycles. The van der Waals surface area contributed by atoms with Crippen molar-refractivity contribution in [2.45, 2.75) is 32.7 Å². The number of para-hydroxylation sites is 1. The Labute approximate surface area is 138 Å². The third-order valence-corrected chi connectivity index (χ3v) is 4.47. The summed E-state index contributed by atoms with van der Waals surface area (Å²) in [6.45, 7) is 6.88. The molecular weight excluding hydrogens is 284 g/mol. The molecule has 2 aromatic rings.